The number of hydrogen-bond donors (Lipinski definition) is 5. The summed E-state index contributed by atoms with van der Waals surface area (Å²) >= 11 is 0. The van der Waals surface area contributed by atoms with Crippen LogP contribution in [0.25, 0.3) is 0 Å². The van der Waals surface area contributed by atoms with Crippen molar-refractivity contribution >= 4 is 18.1 Å². The number of carbonyl (C=O) groups is 3. The van der Waals surface area contributed by atoms with E-state index in [1.54, 1.807) is 14.1 Å². The maximum absolute atomic E-state index is 11.2. The number of nitrogens with one attached hydrogen (secondary N) is 3. The summed E-state index contributed by atoms with van der Waals surface area (Å²) in [5, 5.41) is 22.0. The molecule has 2 unspecified atom stereocenters. The van der Waals surface area contributed by atoms with Gasteiger partial charge in [0.25, 0.3) is 5.91 Å². The van der Waals surface area contributed by atoms with Crippen LogP contribution in [0.3, 0.4) is 0 Å². The second-order valence-electron chi connectivity index (χ2n) is 6.83. The van der Waals surface area contributed by atoms with Crippen LogP contribution < -0.4 is 16.1 Å². The Labute approximate surface area is 145 Å². The van der Waals surface area contributed by atoms with Crippen molar-refractivity contribution in [3.63, 3.8) is 0 Å². The van der Waals surface area contributed by atoms with Crippen LogP contribution in [0, 0.1) is 11.3 Å². The summed E-state index contributed by atoms with van der Waals surface area (Å²) in [6.45, 7) is 12.6. The third-order valence-electron chi connectivity index (χ3n) is 2.40. The molecule has 2 atom stereocenters. The van der Waals surface area contributed by atoms with Gasteiger partial charge < -0.3 is 20.5 Å². The molecule has 0 rings (SSSR count). The molecule has 0 radical (unpaired) electrons. The van der Waals surface area contributed by atoms with Crippen LogP contribution in [0.5, 0.6) is 0 Å². The number of aldehydes is 1. The molecule has 24 heavy (non-hydrogen) atoms. The zero-order valence-corrected chi connectivity index (χ0v) is 16.1. The van der Waals surface area contributed by atoms with Crippen molar-refractivity contribution < 1.29 is 24.7 Å². The summed E-state index contributed by atoms with van der Waals surface area (Å²) in [5.74, 6) is -0.0953. The zero-order chi connectivity index (χ0) is 19.9. The Morgan fingerprint density at radius 1 is 1.08 bits per heavy atom. The van der Waals surface area contributed by atoms with E-state index < -0.39 is 12.0 Å². The molecule has 0 fully saturated rings. The fourth-order valence-corrected chi connectivity index (χ4v) is 1.37. The minimum atomic E-state index is -1.44. The third-order valence-corrected chi connectivity index (χ3v) is 2.40. The average Bonchev–Trinajstić information content (AvgIpc) is 2.45. The molecule has 0 aliphatic heterocycles. The summed E-state index contributed by atoms with van der Waals surface area (Å²) in [4.78, 5) is 31.0. The predicted molar refractivity (Wildman–Crippen MR) is 93.5 cm³/mol. The molecule has 0 aromatic heterocycles. The Bertz CT molecular complexity index is 351. The van der Waals surface area contributed by atoms with E-state index >= 15 is 0 Å². The highest BCUT2D eigenvalue weighted by atomic mass is 16.5. The molecule has 0 aliphatic carbocycles. The number of aliphatic hydroxyl groups excluding tert-OH is 1. The van der Waals surface area contributed by atoms with Gasteiger partial charge in [-0.25, -0.2) is 5.48 Å². The van der Waals surface area contributed by atoms with Gasteiger partial charge in [0.1, 0.15) is 12.4 Å². The molecule has 0 saturated heterocycles. The van der Waals surface area contributed by atoms with Crippen LogP contribution in [0.4, 0.5) is 0 Å². The van der Waals surface area contributed by atoms with Gasteiger partial charge in [0, 0.05) is 13.5 Å². The number of amides is 2. The third kappa shape index (κ3) is 16.9. The predicted octanol–water partition coefficient (Wildman–Crippen LogP) is 0.471. The zero-order valence-electron chi connectivity index (χ0n) is 16.1. The highest BCUT2D eigenvalue weighted by molar-refractivity contribution is 5.82. The number of hydrogen-bond acceptors (Lipinski definition) is 6. The highest BCUT2D eigenvalue weighted by Gasteiger charge is 2.28. The summed E-state index contributed by atoms with van der Waals surface area (Å²) in [7, 11) is 3.45. The van der Waals surface area contributed by atoms with Crippen molar-refractivity contribution in [3.8, 4) is 0 Å². The van der Waals surface area contributed by atoms with E-state index in [0.717, 1.165) is 5.92 Å². The van der Waals surface area contributed by atoms with Crippen molar-refractivity contribution in [1.29, 1.82) is 0 Å². The van der Waals surface area contributed by atoms with Gasteiger partial charge in [-0.05, 0) is 18.4 Å². The highest BCUT2D eigenvalue weighted by Crippen LogP contribution is 2.18. The Kier molecular flexibility index (Phi) is 17.1. The Hall–Kier alpha value is -1.51. The first-order chi connectivity index (χ1) is 10.9. The van der Waals surface area contributed by atoms with E-state index in [1.165, 1.54) is 5.48 Å². The number of carbonyl (C=O) groups excluding carboxylic acids is 3. The van der Waals surface area contributed by atoms with E-state index in [1.807, 2.05) is 20.8 Å². The lowest BCUT2D eigenvalue weighted by molar-refractivity contribution is -0.139. The van der Waals surface area contributed by atoms with Crippen LogP contribution >= 0.6 is 0 Å². The largest absolute Gasteiger partial charge is 0.383 e. The van der Waals surface area contributed by atoms with Crippen LogP contribution in [0.1, 0.15) is 48.0 Å². The van der Waals surface area contributed by atoms with Crippen LogP contribution in [0.15, 0.2) is 0 Å². The van der Waals surface area contributed by atoms with Crippen LogP contribution in [0.2, 0.25) is 0 Å². The molecule has 144 valence electrons. The van der Waals surface area contributed by atoms with Crippen molar-refractivity contribution in [3.05, 3.63) is 0 Å². The molecule has 0 aliphatic rings. The number of hydroxylamine groups is 1. The van der Waals surface area contributed by atoms with Gasteiger partial charge in [0.2, 0.25) is 5.91 Å². The van der Waals surface area contributed by atoms with Crippen molar-refractivity contribution in [2.75, 3.05) is 14.1 Å². The fraction of sp³-hybridized carbons (Fsp3) is 0.812. The van der Waals surface area contributed by atoms with Gasteiger partial charge in [-0.15, -0.1) is 0 Å². The van der Waals surface area contributed by atoms with Gasteiger partial charge in [0.05, 0.1) is 6.04 Å². The molecular formula is C16H35N3O5. The second-order valence-corrected chi connectivity index (χ2v) is 6.83. The quantitative estimate of drug-likeness (QED) is 0.279. The summed E-state index contributed by atoms with van der Waals surface area (Å²) in [5.41, 5.74) is 1.17. The molecule has 0 aromatic carbocycles. The molecular weight excluding hydrogens is 314 g/mol. The summed E-state index contributed by atoms with van der Waals surface area (Å²) in [6.07, 6.45) is -1.35. The minimum Gasteiger partial charge on any atom is -0.383 e. The first-order valence-corrected chi connectivity index (χ1v) is 7.83. The Morgan fingerprint density at radius 3 is 1.67 bits per heavy atom. The van der Waals surface area contributed by atoms with E-state index in [9.17, 15) is 14.4 Å². The van der Waals surface area contributed by atoms with E-state index in [2.05, 4.69) is 31.4 Å². The standard InChI is InChI=1S/C8H18N2O.C4H7NO4.C4H10/c1-8(2,3)6(9-4)7(11)10-5;6-2-1-3(7)4(8)5-9;1-4(2)3/h6,9H,1-5H3,(H,10,11);2-3,7,9H,1H2,(H,5,8);4H,1-3H3. The second kappa shape index (κ2) is 15.0. The lowest BCUT2D eigenvalue weighted by Gasteiger charge is -2.28. The minimum absolute atomic E-state index is 0.0329. The molecule has 0 aromatic rings. The SMILES string of the molecule is CC(C)C.CNC(=O)C(NC)C(C)(C)C.O=CCC(O)C(=O)NO. The molecule has 5 N–H and O–H groups in total. The lowest BCUT2D eigenvalue weighted by Crippen LogP contribution is -2.49. The first-order valence-electron chi connectivity index (χ1n) is 7.83. The van der Waals surface area contributed by atoms with Crippen molar-refractivity contribution in [2.45, 2.75) is 60.1 Å². The molecule has 8 nitrogen and oxygen atoms in total. The number of likely N-dealkylation sites (N-methyl/N-ethyl adjacent to an activating group) is 2. The van der Waals surface area contributed by atoms with Gasteiger partial charge in [-0.3, -0.25) is 14.8 Å². The maximum Gasteiger partial charge on any atom is 0.272 e. The maximum atomic E-state index is 11.2. The van der Waals surface area contributed by atoms with Crippen LogP contribution in [-0.2, 0) is 14.4 Å². The number of rotatable bonds is 5. The van der Waals surface area contributed by atoms with Gasteiger partial charge in [-0.2, -0.15) is 0 Å². The van der Waals surface area contributed by atoms with Gasteiger partial charge >= 0.3 is 0 Å². The summed E-state index contributed by atoms with van der Waals surface area (Å²) in [6, 6.07) is -0.118. The number of aliphatic hydroxyl groups is 1. The van der Waals surface area contributed by atoms with Crippen LogP contribution in [-0.4, -0.2) is 54.7 Å². The normalized spacial score (nSPS) is 12.6. The smallest absolute Gasteiger partial charge is 0.272 e. The van der Waals surface area contributed by atoms with Crippen molar-refractivity contribution in [1.82, 2.24) is 16.1 Å². The van der Waals surface area contributed by atoms with Gasteiger partial charge in [-0.1, -0.05) is 41.5 Å². The molecule has 8 heteroatoms. The Morgan fingerprint density at radius 2 is 1.50 bits per heavy atom. The van der Waals surface area contributed by atoms with Crippen molar-refractivity contribution in [2.24, 2.45) is 11.3 Å². The Balaban J connectivity index is -0.000000305. The molecule has 0 saturated carbocycles. The van der Waals surface area contributed by atoms with E-state index in [4.69, 9.17) is 10.3 Å². The lowest BCUT2D eigenvalue weighted by atomic mass is 9.86. The van der Waals surface area contributed by atoms with E-state index in [-0.39, 0.29) is 23.8 Å². The molecule has 0 bridgehead atoms. The molecule has 2 amide bonds. The fourth-order valence-electron chi connectivity index (χ4n) is 1.37. The first kappa shape index (κ1) is 27.3. The summed E-state index contributed by atoms with van der Waals surface area (Å²) < 4.78 is 0. The van der Waals surface area contributed by atoms with Gasteiger partial charge in [0.15, 0.2) is 0 Å². The molecule has 0 heterocycles. The average molecular weight is 349 g/mol. The topological polar surface area (TPSA) is 128 Å². The van der Waals surface area contributed by atoms with E-state index in [0.29, 0.717) is 6.29 Å². The molecule has 0 spiro atoms. The monoisotopic (exact) mass is 349 g/mol.